The van der Waals surface area contributed by atoms with Crippen LogP contribution in [0.1, 0.15) is 80.5 Å². The molecule has 0 saturated heterocycles. The molecule has 0 bridgehead atoms. The van der Waals surface area contributed by atoms with Gasteiger partial charge in [-0.15, -0.1) is 11.3 Å². The summed E-state index contributed by atoms with van der Waals surface area (Å²) < 4.78 is 6.66. The third-order valence-corrected chi connectivity index (χ3v) is 7.91. The first-order valence-corrected chi connectivity index (χ1v) is 14.0. The number of pyridine rings is 1. The summed E-state index contributed by atoms with van der Waals surface area (Å²) in [7, 11) is 1.71. The number of unbranched alkanes of at least 4 members (excludes halogenated alkanes) is 5. The molecule has 0 atom stereocenters. The number of hydrogen-bond donors (Lipinski definition) is 1. The van der Waals surface area contributed by atoms with Gasteiger partial charge in [0, 0.05) is 11.9 Å². The Morgan fingerprint density at radius 1 is 0.886 bits per heavy atom. The lowest BCUT2D eigenvalue weighted by atomic mass is 10.0. The molecule has 186 valence electrons. The molecule has 2 aromatic heterocycles. The van der Waals surface area contributed by atoms with Gasteiger partial charge in [0.05, 0.1) is 22.3 Å². The van der Waals surface area contributed by atoms with E-state index in [0.29, 0.717) is 6.54 Å². The molecule has 1 N–H and O–H groups in total. The topological polar surface area (TPSA) is 47.0 Å². The molecular formula is C30H39N3OS. The van der Waals surface area contributed by atoms with Crippen LogP contribution in [0, 0.1) is 6.92 Å². The van der Waals surface area contributed by atoms with Gasteiger partial charge in [-0.1, -0.05) is 64.2 Å². The predicted octanol–water partition coefficient (Wildman–Crippen LogP) is 8.63. The summed E-state index contributed by atoms with van der Waals surface area (Å²) in [6.07, 6.45) is 11.0. The molecule has 4 aromatic rings. The SMILES string of the molecule is CCCCCCCc1cccc2nc(NCc3ccc(OC)cc3C)c3nc(CCCC)sc3c12. The van der Waals surface area contributed by atoms with E-state index in [9.17, 15) is 0 Å². The fourth-order valence-corrected chi connectivity index (χ4v) is 5.86. The van der Waals surface area contributed by atoms with Crippen LogP contribution in [-0.2, 0) is 19.4 Å². The van der Waals surface area contributed by atoms with Crippen LogP contribution in [0.5, 0.6) is 5.75 Å². The van der Waals surface area contributed by atoms with E-state index >= 15 is 0 Å². The molecule has 4 nitrogen and oxygen atoms in total. The first-order valence-electron chi connectivity index (χ1n) is 13.2. The summed E-state index contributed by atoms with van der Waals surface area (Å²) in [6.45, 7) is 7.35. The minimum absolute atomic E-state index is 0.711. The Kier molecular flexibility index (Phi) is 8.97. The Balaban J connectivity index is 1.68. The van der Waals surface area contributed by atoms with E-state index in [1.165, 1.54) is 76.7 Å². The summed E-state index contributed by atoms with van der Waals surface area (Å²) in [6, 6.07) is 12.8. The van der Waals surface area contributed by atoms with Crippen molar-refractivity contribution in [3.8, 4) is 5.75 Å². The number of fused-ring (bicyclic) bond motifs is 3. The maximum absolute atomic E-state index is 5.37. The number of thiazole rings is 1. The van der Waals surface area contributed by atoms with Gasteiger partial charge in [-0.05, 0) is 67.5 Å². The number of hydrogen-bond acceptors (Lipinski definition) is 5. The first kappa shape index (κ1) is 25.4. The minimum Gasteiger partial charge on any atom is -0.497 e. The zero-order valence-electron chi connectivity index (χ0n) is 21.7. The Morgan fingerprint density at radius 3 is 2.49 bits per heavy atom. The van der Waals surface area contributed by atoms with Crippen molar-refractivity contribution in [2.75, 3.05) is 12.4 Å². The van der Waals surface area contributed by atoms with Crippen molar-refractivity contribution in [3.63, 3.8) is 0 Å². The second-order valence-electron chi connectivity index (χ2n) is 9.47. The van der Waals surface area contributed by atoms with Crippen molar-refractivity contribution in [3.05, 3.63) is 58.1 Å². The number of benzene rings is 2. The fraction of sp³-hybridized carbons (Fsp3) is 0.467. The molecule has 0 fully saturated rings. The molecule has 0 unspecified atom stereocenters. The molecule has 2 aromatic carbocycles. The van der Waals surface area contributed by atoms with Crippen LogP contribution in [0.15, 0.2) is 36.4 Å². The molecule has 0 aliphatic heterocycles. The van der Waals surface area contributed by atoms with E-state index in [-0.39, 0.29) is 0 Å². The number of nitrogens with one attached hydrogen (secondary N) is 1. The van der Waals surface area contributed by atoms with E-state index in [0.717, 1.165) is 35.4 Å². The van der Waals surface area contributed by atoms with Crippen molar-refractivity contribution < 1.29 is 4.74 Å². The van der Waals surface area contributed by atoms with E-state index in [1.807, 2.05) is 17.4 Å². The molecule has 0 spiro atoms. The second-order valence-corrected chi connectivity index (χ2v) is 10.6. The largest absolute Gasteiger partial charge is 0.497 e. The first-order chi connectivity index (χ1) is 17.1. The molecule has 0 aliphatic carbocycles. The lowest BCUT2D eigenvalue weighted by Gasteiger charge is -2.13. The highest BCUT2D eigenvalue weighted by Gasteiger charge is 2.17. The summed E-state index contributed by atoms with van der Waals surface area (Å²) in [5.41, 5.74) is 5.96. The van der Waals surface area contributed by atoms with Crippen molar-refractivity contribution in [1.29, 1.82) is 0 Å². The number of aromatic nitrogens is 2. The highest BCUT2D eigenvalue weighted by Crippen LogP contribution is 2.37. The van der Waals surface area contributed by atoms with Gasteiger partial charge in [0.1, 0.15) is 11.3 Å². The molecule has 5 heteroatoms. The van der Waals surface area contributed by atoms with Gasteiger partial charge in [0.15, 0.2) is 5.82 Å². The van der Waals surface area contributed by atoms with Crippen LogP contribution in [0.25, 0.3) is 21.1 Å². The van der Waals surface area contributed by atoms with Crippen molar-refractivity contribution in [2.45, 2.75) is 85.1 Å². The zero-order valence-corrected chi connectivity index (χ0v) is 22.6. The second kappa shape index (κ2) is 12.3. The Morgan fingerprint density at radius 2 is 1.71 bits per heavy atom. The molecule has 0 aliphatic rings. The predicted molar refractivity (Wildman–Crippen MR) is 151 cm³/mol. The molecule has 0 saturated carbocycles. The fourth-order valence-electron chi connectivity index (χ4n) is 4.67. The number of aryl methyl sites for hydroxylation is 3. The Hall–Kier alpha value is -2.66. The summed E-state index contributed by atoms with van der Waals surface area (Å²) in [5, 5.41) is 6.15. The monoisotopic (exact) mass is 489 g/mol. The lowest BCUT2D eigenvalue weighted by molar-refractivity contribution is 0.414. The van der Waals surface area contributed by atoms with Gasteiger partial charge in [0.25, 0.3) is 0 Å². The average molecular weight is 490 g/mol. The maximum Gasteiger partial charge on any atom is 0.154 e. The Labute approximate surface area is 214 Å². The van der Waals surface area contributed by atoms with Gasteiger partial charge < -0.3 is 10.1 Å². The summed E-state index contributed by atoms with van der Waals surface area (Å²) >= 11 is 1.86. The van der Waals surface area contributed by atoms with Gasteiger partial charge in [-0.2, -0.15) is 0 Å². The number of nitrogens with zero attached hydrogens (tertiary/aromatic N) is 2. The highest BCUT2D eigenvalue weighted by atomic mass is 32.1. The van der Waals surface area contributed by atoms with Crippen LogP contribution in [-0.4, -0.2) is 17.1 Å². The van der Waals surface area contributed by atoms with Crippen LogP contribution in [0.3, 0.4) is 0 Å². The molecular weight excluding hydrogens is 450 g/mol. The normalized spacial score (nSPS) is 11.4. The number of methoxy groups -OCH3 is 1. The summed E-state index contributed by atoms with van der Waals surface area (Å²) in [5.74, 6) is 1.78. The van der Waals surface area contributed by atoms with E-state index < -0.39 is 0 Å². The Bertz CT molecular complexity index is 1260. The lowest BCUT2D eigenvalue weighted by Crippen LogP contribution is -2.04. The van der Waals surface area contributed by atoms with Crippen LogP contribution in [0.2, 0.25) is 0 Å². The number of ether oxygens (including phenoxy) is 1. The zero-order chi connectivity index (χ0) is 24.6. The van der Waals surface area contributed by atoms with Crippen molar-refractivity contribution >= 4 is 38.3 Å². The van der Waals surface area contributed by atoms with E-state index in [1.54, 1.807) is 7.11 Å². The maximum atomic E-state index is 5.37. The standard InChI is InChI=1S/C30H39N3OS/c1-5-7-9-10-11-13-22-14-12-15-25-27(22)29-28(33-26(35-29)16-8-6-2)30(32-25)31-20-23-17-18-24(34-4)19-21(23)3/h12,14-15,17-19H,5-11,13,16,20H2,1-4H3,(H,31,32). The van der Waals surface area contributed by atoms with E-state index in [4.69, 9.17) is 14.7 Å². The highest BCUT2D eigenvalue weighted by molar-refractivity contribution is 7.19. The van der Waals surface area contributed by atoms with Gasteiger partial charge in [-0.3, -0.25) is 0 Å². The molecule has 0 radical (unpaired) electrons. The molecule has 2 heterocycles. The molecule has 4 rings (SSSR count). The van der Waals surface area contributed by atoms with Gasteiger partial charge >= 0.3 is 0 Å². The van der Waals surface area contributed by atoms with Gasteiger partial charge in [-0.25, -0.2) is 9.97 Å². The third kappa shape index (κ3) is 6.13. The van der Waals surface area contributed by atoms with Crippen LogP contribution < -0.4 is 10.1 Å². The minimum atomic E-state index is 0.711. The van der Waals surface area contributed by atoms with Gasteiger partial charge in [0.2, 0.25) is 0 Å². The van der Waals surface area contributed by atoms with E-state index in [2.05, 4.69) is 56.4 Å². The molecule has 0 amide bonds. The molecule has 35 heavy (non-hydrogen) atoms. The quantitative estimate of drug-likeness (QED) is 0.191. The number of rotatable bonds is 13. The smallest absolute Gasteiger partial charge is 0.154 e. The summed E-state index contributed by atoms with van der Waals surface area (Å²) in [4.78, 5) is 10.2. The van der Waals surface area contributed by atoms with Crippen molar-refractivity contribution in [2.24, 2.45) is 0 Å². The van der Waals surface area contributed by atoms with Crippen LogP contribution >= 0.6 is 11.3 Å². The van der Waals surface area contributed by atoms with Crippen molar-refractivity contribution in [1.82, 2.24) is 9.97 Å². The van der Waals surface area contributed by atoms with Crippen LogP contribution in [0.4, 0.5) is 5.82 Å². The third-order valence-electron chi connectivity index (χ3n) is 6.77. The number of anilines is 1. The average Bonchev–Trinajstić information content (AvgIpc) is 3.30.